The van der Waals surface area contributed by atoms with Gasteiger partial charge in [0, 0.05) is 19.5 Å². The molecule has 1 atom stereocenters. The summed E-state index contributed by atoms with van der Waals surface area (Å²) >= 11 is 3.17. The number of carbonyl (C=O) groups excluding carboxylic acids is 1. The molecule has 0 saturated carbocycles. The first-order valence-electron chi connectivity index (χ1n) is 7.27. The van der Waals surface area contributed by atoms with Crippen molar-refractivity contribution in [3.05, 3.63) is 34.1 Å². The Bertz CT molecular complexity index is 517. The van der Waals surface area contributed by atoms with Crippen molar-refractivity contribution >= 4 is 21.7 Å². The number of hydrogen-bond donors (Lipinski definition) is 0. The summed E-state index contributed by atoms with van der Waals surface area (Å²) in [6.07, 6.45) is 1.08. The van der Waals surface area contributed by atoms with Crippen LogP contribution in [0.3, 0.4) is 0 Å². The highest BCUT2D eigenvalue weighted by molar-refractivity contribution is 9.10. The minimum atomic E-state index is -0.482. The molecule has 0 aromatic heterocycles. The molecule has 1 saturated heterocycles. The zero-order valence-electron chi connectivity index (χ0n) is 12.5. The van der Waals surface area contributed by atoms with Crippen LogP contribution in [0.4, 0.5) is 4.39 Å². The summed E-state index contributed by atoms with van der Waals surface area (Å²) in [5, 5.41) is 0. The van der Waals surface area contributed by atoms with Crippen molar-refractivity contribution in [3.8, 4) is 0 Å². The van der Waals surface area contributed by atoms with Gasteiger partial charge >= 0.3 is 0 Å². The molecule has 1 aliphatic rings. The molecule has 1 aromatic rings. The molecule has 0 amide bonds. The number of nitrogens with zero attached hydrogens (tertiary/aromatic N) is 1. The van der Waals surface area contributed by atoms with Gasteiger partial charge in [0.1, 0.15) is 5.82 Å². The van der Waals surface area contributed by atoms with E-state index in [1.165, 1.54) is 6.07 Å². The number of halogens is 2. The number of Topliss-reactive ketones (excluding diaryl/α,β-unsaturated/α-hetero) is 1. The van der Waals surface area contributed by atoms with Gasteiger partial charge in [0.05, 0.1) is 23.2 Å². The van der Waals surface area contributed by atoms with Crippen LogP contribution >= 0.6 is 15.9 Å². The summed E-state index contributed by atoms with van der Waals surface area (Å²) in [6, 6.07) is 4.75. The number of ether oxygens (including phenoxy) is 1. The first-order chi connectivity index (χ1) is 9.97. The minimum absolute atomic E-state index is 0.172. The maximum atomic E-state index is 13.3. The van der Waals surface area contributed by atoms with Crippen LogP contribution in [0, 0.1) is 5.82 Å². The zero-order valence-corrected chi connectivity index (χ0v) is 14.1. The Balaban J connectivity index is 2.13. The van der Waals surface area contributed by atoms with Crippen molar-refractivity contribution < 1.29 is 13.9 Å². The lowest BCUT2D eigenvalue weighted by molar-refractivity contribution is -0.133. The van der Waals surface area contributed by atoms with E-state index in [9.17, 15) is 9.18 Å². The number of benzene rings is 1. The van der Waals surface area contributed by atoms with Gasteiger partial charge in [0.15, 0.2) is 5.78 Å². The molecule has 21 heavy (non-hydrogen) atoms. The van der Waals surface area contributed by atoms with Gasteiger partial charge in [0.25, 0.3) is 0 Å². The molecular weight excluding hydrogens is 337 g/mol. The van der Waals surface area contributed by atoms with Gasteiger partial charge in [-0.3, -0.25) is 9.69 Å². The van der Waals surface area contributed by atoms with E-state index >= 15 is 0 Å². The molecule has 116 valence electrons. The van der Waals surface area contributed by atoms with Crippen LogP contribution in [0.25, 0.3) is 0 Å². The summed E-state index contributed by atoms with van der Waals surface area (Å²) in [4.78, 5) is 15.0. The summed E-state index contributed by atoms with van der Waals surface area (Å²) in [6.45, 7) is 6.94. The molecule has 2 rings (SSSR count). The number of ketones is 1. The van der Waals surface area contributed by atoms with E-state index in [0.29, 0.717) is 24.1 Å². The topological polar surface area (TPSA) is 29.5 Å². The van der Waals surface area contributed by atoms with Gasteiger partial charge < -0.3 is 4.74 Å². The Morgan fingerprint density at radius 2 is 2.10 bits per heavy atom. The van der Waals surface area contributed by atoms with Crippen LogP contribution in [0.15, 0.2) is 22.7 Å². The predicted octanol–water partition coefficient (Wildman–Crippen LogP) is 3.20. The molecule has 5 heteroatoms. The van der Waals surface area contributed by atoms with Gasteiger partial charge in [-0.2, -0.15) is 0 Å². The average molecular weight is 358 g/mol. The highest BCUT2D eigenvalue weighted by Crippen LogP contribution is 2.25. The van der Waals surface area contributed by atoms with Crippen molar-refractivity contribution in [2.45, 2.75) is 32.2 Å². The fourth-order valence-corrected chi connectivity index (χ4v) is 3.11. The smallest absolute Gasteiger partial charge is 0.157 e. The lowest BCUT2D eigenvalue weighted by Crippen LogP contribution is -2.56. The first kappa shape index (κ1) is 16.6. The molecule has 0 aliphatic carbocycles. The predicted molar refractivity (Wildman–Crippen MR) is 83.9 cm³/mol. The number of morpholine rings is 1. The molecule has 1 aliphatic heterocycles. The zero-order chi connectivity index (χ0) is 15.5. The second kappa shape index (κ2) is 6.99. The second-order valence-corrected chi connectivity index (χ2v) is 6.43. The van der Waals surface area contributed by atoms with Gasteiger partial charge in [0.2, 0.25) is 0 Å². The largest absolute Gasteiger partial charge is 0.379 e. The Labute approximate surface area is 133 Å². The summed E-state index contributed by atoms with van der Waals surface area (Å²) in [5.74, 6) is -0.136. The van der Waals surface area contributed by atoms with Gasteiger partial charge in [-0.1, -0.05) is 13.0 Å². The fraction of sp³-hybridized carbons (Fsp3) is 0.562. The minimum Gasteiger partial charge on any atom is -0.379 e. The van der Waals surface area contributed by atoms with E-state index in [-0.39, 0.29) is 11.6 Å². The maximum absolute atomic E-state index is 13.3. The van der Waals surface area contributed by atoms with Gasteiger partial charge in [-0.05, 0) is 47.0 Å². The SMILES string of the molecule is CCC(C)(C(=O)Cc1ccc(F)c(Br)c1)N1CCOCC1. The van der Waals surface area contributed by atoms with Crippen LogP contribution in [0.2, 0.25) is 0 Å². The molecule has 3 nitrogen and oxygen atoms in total. The number of rotatable bonds is 5. The third kappa shape index (κ3) is 3.71. The molecule has 0 bridgehead atoms. The molecule has 0 spiro atoms. The van der Waals surface area contributed by atoms with Gasteiger partial charge in [-0.15, -0.1) is 0 Å². The van der Waals surface area contributed by atoms with Crippen LogP contribution < -0.4 is 0 Å². The van der Waals surface area contributed by atoms with E-state index in [4.69, 9.17) is 4.74 Å². The molecular formula is C16H21BrFNO2. The fourth-order valence-electron chi connectivity index (χ4n) is 2.68. The summed E-state index contributed by atoms with van der Waals surface area (Å²) in [5.41, 5.74) is 0.353. The maximum Gasteiger partial charge on any atom is 0.157 e. The third-order valence-electron chi connectivity index (χ3n) is 4.35. The van der Waals surface area contributed by atoms with Crippen molar-refractivity contribution in [1.29, 1.82) is 0 Å². The summed E-state index contributed by atoms with van der Waals surface area (Å²) < 4.78 is 19.0. The number of carbonyl (C=O) groups is 1. The van der Waals surface area contributed by atoms with Crippen molar-refractivity contribution in [2.24, 2.45) is 0 Å². The Morgan fingerprint density at radius 3 is 2.67 bits per heavy atom. The van der Waals surface area contributed by atoms with Crippen LogP contribution in [-0.2, 0) is 16.0 Å². The molecule has 1 aromatic carbocycles. The lowest BCUT2D eigenvalue weighted by atomic mass is 9.87. The molecule has 1 unspecified atom stereocenters. The average Bonchev–Trinajstić information content (AvgIpc) is 2.51. The van der Waals surface area contributed by atoms with E-state index < -0.39 is 5.54 Å². The van der Waals surface area contributed by atoms with Crippen molar-refractivity contribution in [3.63, 3.8) is 0 Å². The number of hydrogen-bond acceptors (Lipinski definition) is 3. The Morgan fingerprint density at radius 1 is 1.43 bits per heavy atom. The van der Waals surface area contributed by atoms with Crippen molar-refractivity contribution in [1.82, 2.24) is 4.90 Å². The standard InChI is InChI=1S/C16H21BrFNO2/c1-3-16(2,19-6-8-21-9-7-19)15(20)11-12-4-5-14(18)13(17)10-12/h4-5,10H,3,6-9,11H2,1-2H3. The molecule has 1 heterocycles. The lowest BCUT2D eigenvalue weighted by Gasteiger charge is -2.41. The van der Waals surface area contributed by atoms with Crippen LogP contribution in [-0.4, -0.2) is 42.5 Å². The van der Waals surface area contributed by atoms with Crippen LogP contribution in [0.5, 0.6) is 0 Å². The van der Waals surface area contributed by atoms with E-state index in [1.807, 2.05) is 13.8 Å². The molecule has 0 radical (unpaired) electrons. The van der Waals surface area contributed by atoms with E-state index in [0.717, 1.165) is 25.1 Å². The van der Waals surface area contributed by atoms with E-state index in [1.54, 1.807) is 12.1 Å². The van der Waals surface area contributed by atoms with Crippen LogP contribution in [0.1, 0.15) is 25.8 Å². The quantitative estimate of drug-likeness (QED) is 0.810. The van der Waals surface area contributed by atoms with Crippen molar-refractivity contribution in [2.75, 3.05) is 26.3 Å². The monoisotopic (exact) mass is 357 g/mol. The Hall–Kier alpha value is -0.780. The molecule has 1 fully saturated rings. The molecule has 0 N–H and O–H groups in total. The summed E-state index contributed by atoms with van der Waals surface area (Å²) in [7, 11) is 0. The first-order valence-corrected chi connectivity index (χ1v) is 8.06. The normalized spacial score (nSPS) is 19.2. The van der Waals surface area contributed by atoms with E-state index in [2.05, 4.69) is 20.8 Å². The highest BCUT2D eigenvalue weighted by atomic mass is 79.9. The third-order valence-corrected chi connectivity index (χ3v) is 4.95. The Kier molecular flexibility index (Phi) is 5.52. The van der Waals surface area contributed by atoms with Gasteiger partial charge in [-0.25, -0.2) is 4.39 Å². The highest BCUT2D eigenvalue weighted by Gasteiger charge is 2.37. The second-order valence-electron chi connectivity index (χ2n) is 5.58.